The van der Waals surface area contributed by atoms with Crippen LogP contribution in [0.2, 0.25) is 0 Å². The van der Waals surface area contributed by atoms with Crippen molar-refractivity contribution in [1.82, 2.24) is 5.16 Å². The third-order valence-electron chi connectivity index (χ3n) is 2.54. The number of aromatic nitrogens is 1. The van der Waals surface area contributed by atoms with Gasteiger partial charge in [-0.2, -0.15) is 0 Å². The van der Waals surface area contributed by atoms with Crippen LogP contribution < -0.4 is 5.32 Å². The number of carbonyl (C=O) groups is 2. The second kappa shape index (κ2) is 5.41. The summed E-state index contributed by atoms with van der Waals surface area (Å²) in [5.74, 6) is -2.13. The van der Waals surface area contributed by atoms with Gasteiger partial charge in [0.2, 0.25) is 5.76 Å². The van der Waals surface area contributed by atoms with Crippen LogP contribution >= 0.6 is 0 Å². The Labute approximate surface area is 117 Å². The van der Waals surface area contributed by atoms with Crippen molar-refractivity contribution in [3.8, 4) is 0 Å². The zero-order valence-electron chi connectivity index (χ0n) is 10.7. The van der Waals surface area contributed by atoms with Gasteiger partial charge in [-0.1, -0.05) is 5.16 Å². The average molecular weight is 291 g/mol. The van der Waals surface area contributed by atoms with Gasteiger partial charge in [-0.3, -0.25) is 14.9 Å². The zero-order valence-corrected chi connectivity index (χ0v) is 10.7. The molecule has 0 saturated carbocycles. The first-order chi connectivity index (χ1) is 9.88. The van der Waals surface area contributed by atoms with E-state index in [1.807, 2.05) is 0 Å². The van der Waals surface area contributed by atoms with Gasteiger partial charge in [-0.25, -0.2) is 4.79 Å². The number of aryl methyl sites for hydroxylation is 1. The second-order valence-electron chi connectivity index (χ2n) is 4.08. The summed E-state index contributed by atoms with van der Waals surface area (Å²) in [6.45, 7) is 1.62. The number of nitrogens with one attached hydrogen (secondary N) is 1. The van der Waals surface area contributed by atoms with Crippen LogP contribution in [-0.2, 0) is 0 Å². The van der Waals surface area contributed by atoms with Gasteiger partial charge in [0.1, 0.15) is 5.69 Å². The van der Waals surface area contributed by atoms with E-state index in [1.165, 1.54) is 6.07 Å². The maximum atomic E-state index is 11.8. The molecule has 0 aliphatic heterocycles. The minimum Gasteiger partial charge on any atom is -0.478 e. The molecule has 21 heavy (non-hydrogen) atoms. The Bertz CT molecular complexity index is 736. The van der Waals surface area contributed by atoms with E-state index in [1.54, 1.807) is 6.92 Å². The third-order valence-corrected chi connectivity index (χ3v) is 2.54. The maximum Gasteiger partial charge on any atom is 0.335 e. The number of rotatable bonds is 4. The van der Waals surface area contributed by atoms with Gasteiger partial charge in [-0.05, 0) is 19.1 Å². The number of amides is 1. The van der Waals surface area contributed by atoms with Crippen LogP contribution in [0.15, 0.2) is 28.8 Å². The van der Waals surface area contributed by atoms with Crippen LogP contribution in [0.25, 0.3) is 0 Å². The number of carboxylic acids is 1. The van der Waals surface area contributed by atoms with Gasteiger partial charge in [0, 0.05) is 12.1 Å². The van der Waals surface area contributed by atoms with Crippen LogP contribution in [0, 0.1) is 17.0 Å². The Hall–Kier alpha value is -3.23. The first-order valence-corrected chi connectivity index (χ1v) is 5.65. The highest BCUT2D eigenvalue weighted by Gasteiger charge is 2.21. The van der Waals surface area contributed by atoms with Crippen molar-refractivity contribution in [3.05, 3.63) is 51.4 Å². The molecule has 1 aromatic carbocycles. The van der Waals surface area contributed by atoms with E-state index in [4.69, 9.17) is 9.63 Å². The number of carbonyl (C=O) groups excluding carboxylic acids is 1. The number of nitrogens with zero attached hydrogens (tertiary/aromatic N) is 2. The molecule has 9 heteroatoms. The molecule has 0 unspecified atom stereocenters. The topological polar surface area (TPSA) is 136 Å². The minimum absolute atomic E-state index is 0.107. The van der Waals surface area contributed by atoms with Gasteiger partial charge in [-0.15, -0.1) is 0 Å². The van der Waals surface area contributed by atoms with Crippen molar-refractivity contribution in [3.63, 3.8) is 0 Å². The van der Waals surface area contributed by atoms with E-state index < -0.39 is 22.5 Å². The summed E-state index contributed by atoms with van der Waals surface area (Å²) < 4.78 is 4.73. The normalized spacial score (nSPS) is 10.1. The molecule has 0 spiro atoms. The van der Waals surface area contributed by atoms with Crippen LogP contribution in [0.4, 0.5) is 11.4 Å². The summed E-state index contributed by atoms with van der Waals surface area (Å²) in [4.78, 5) is 32.8. The zero-order chi connectivity index (χ0) is 15.6. The SMILES string of the molecule is Cc1cc(C(=O)Nc2ccc(C(=O)O)cc2[N+](=O)[O-])on1. The number of hydrogen-bond acceptors (Lipinski definition) is 6. The molecule has 2 aromatic rings. The van der Waals surface area contributed by atoms with E-state index in [-0.39, 0.29) is 17.0 Å². The largest absolute Gasteiger partial charge is 0.478 e. The summed E-state index contributed by atoms with van der Waals surface area (Å²) in [7, 11) is 0. The summed E-state index contributed by atoms with van der Waals surface area (Å²) >= 11 is 0. The van der Waals surface area contributed by atoms with Crippen LogP contribution in [0.3, 0.4) is 0 Å². The van der Waals surface area contributed by atoms with Crippen molar-refractivity contribution in [2.24, 2.45) is 0 Å². The molecule has 1 aromatic heterocycles. The van der Waals surface area contributed by atoms with E-state index in [0.29, 0.717) is 5.69 Å². The van der Waals surface area contributed by atoms with E-state index in [0.717, 1.165) is 18.2 Å². The Balaban J connectivity index is 2.33. The molecule has 0 atom stereocenters. The van der Waals surface area contributed by atoms with Gasteiger partial charge >= 0.3 is 5.97 Å². The summed E-state index contributed by atoms with van der Waals surface area (Å²) in [5.41, 5.74) is -0.436. The van der Waals surface area contributed by atoms with Crippen molar-refractivity contribution >= 4 is 23.3 Å². The minimum atomic E-state index is -1.30. The van der Waals surface area contributed by atoms with Gasteiger partial charge in [0.25, 0.3) is 11.6 Å². The van der Waals surface area contributed by atoms with Crippen LogP contribution in [0.1, 0.15) is 26.6 Å². The van der Waals surface area contributed by atoms with Gasteiger partial charge in [0.05, 0.1) is 16.2 Å². The molecular formula is C12H9N3O6. The first-order valence-electron chi connectivity index (χ1n) is 5.65. The van der Waals surface area contributed by atoms with Crippen molar-refractivity contribution in [2.75, 3.05) is 5.32 Å². The molecular weight excluding hydrogens is 282 g/mol. The summed E-state index contributed by atoms with van der Waals surface area (Å²) in [5, 5.41) is 25.6. The lowest BCUT2D eigenvalue weighted by Crippen LogP contribution is -2.13. The highest BCUT2D eigenvalue weighted by atomic mass is 16.6. The number of anilines is 1. The van der Waals surface area contributed by atoms with E-state index in [2.05, 4.69) is 10.5 Å². The number of carboxylic acid groups (broad SMARTS) is 1. The fourth-order valence-electron chi connectivity index (χ4n) is 1.58. The molecule has 0 fully saturated rings. The Morgan fingerprint density at radius 2 is 2.10 bits per heavy atom. The number of nitro groups is 1. The quantitative estimate of drug-likeness (QED) is 0.647. The fourth-order valence-corrected chi connectivity index (χ4v) is 1.58. The van der Waals surface area contributed by atoms with Crippen LogP contribution in [-0.4, -0.2) is 27.1 Å². The molecule has 0 aliphatic rings. The lowest BCUT2D eigenvalue weighted by atomic mass is 10.1. The molecule has 1 amide bonds. The molecule has 0 saturated heterocycles. The lowest BCUT2D eigenvalue weighted by molar-refractivity contribution is -0.383. The molecule has 2 rings (SSSR count). The smallest absolute Gasteiger partial charge is 0.335 e. The molecule has 0 aliphatic carbocycles. The van der Waals surface area contributed by atoms with E-state index in [9.17, 15) is 19.7 Å². The monoisotopic (exact) mass is 291 g/mol. The summed E-state index contributed by atoms with van der Waals surface area (Å²) in [6, 6.07) is 4.52. The summed E-state index contributed by atoms with van der Waals surface area (Å²) in [6.07, 6.45) is 0. The standard InChI is InChI=1S/C12H9N3O6/c1-6-4-10(21-14-6)11(16)13-8-3-2-7(12(17)18)5-9(8)15(19)20/h2-5H,1H3,(H,13,16)(H,17,18). The Kier molecular flexibility index (Phi) is 3.65. The number of nitro benzene ring substituents is 1. The third kappa shape index (κ3) is 3.03. The maximum absolute atomic E-state index is 11.8. The Morgan fingerprint density at radius 3 is 2.62 bits per heavy atom. The fraction of sp³-hybridized carbons (Fsp3) is 0.0833. The first kappa shape index (κ1) is 14.2. The van der Waals surface area contributed by atoms with Gasteiger partial charge < -0.3 is 14.9 Å². The van der Waals surface area contributed by atoms with Crippen LogP contribution in [0.5, 0.6) is 0 Å². The van der Waals surface area contributed by atoms with E-state index >= 15 is 0 Å². The number of benzene rings is 1. The number of aromatic carboxylic acids is 1. The molecule has 2 N–H and O–H groups in total. The second-order valence-corrected chi connectivity index (χ2v) is 4.08. The molecule has 1 heterocycles. The number of hydrogen-bond donors (Lipinski definition) is 2. The van der Waals surface area contributed by atoms with Crippen molar-refractivity contribution < 1.29 is 24.1 Å². The molecule has 108 valence electrons. The molecule has 0 radical (unpaired) electrons. The molecule has 9 nitrogen and oxygen atoms in total. The lowest BCUT2D eigenvalue weighted by Gasteiger charge is -2.04. The van der Waals surface area contributed by atoms with Crippen molar-refractivity contribution in [1.29, 1.82) is 0 Å². The van der Waals surface area contributed by atoms with Crippen molar-refractivity contribution in [2.45, 2.75) is 6.92 Å². The Morgan fingerprint density at radius 1 is 1.38 bits per heavy atom. The predicted octanol–water partition coefficient (Wildman–Crippen LogP) is 1.84. The highest BCUT2D eigenvalue weighted by molar-refractivity contribution is 6.04. The predicted molar refractivity (Wildman–Crippen MR) is 69.2 cm³/mol. The molecule has 0 bridgehead atoms. The average Bonchev–Trinajstić information content (AvgIpc) is 2.85. The highest BCUT2D eigenvalue weighted by Crippen LogP contribution is 2.26. The van der Waals surface area contributed by atoms with Gasteiger partial charge in [0.15, 0.2) is 0 Å².